The molecule has 2 N–H and O–H groups in total. The molecule has 0 saturated heterocycles. The van der Waals surface area contributed by atoms with E-state index < -0.39 is 0 Å². The average molecular weight is 229 g/mol. The highest BCUT2D eigenvalue weighted by molar-refractivity contribution is 5.92. The lowest BCUT2D eigenvalue weighted by Gasteiger charge is -2.14. The molecule has 0 fully saturated rings. The molecule has 3 rings (SSSR count). The van der Waals surface area contributed by atoms with Crippen LogP contribution in [0.5, 0.6) is 0 Å². The lowest BCUT2D eigenvalue weighted by Crippen LogP contribution is -2.27. The highest BCUT2D eigenvalue weighted by Gasteiger charge is 2.16. The Bertz CT molecular complexity index is 559. The first-order valence-electron chi connectivity index (χ1n) is 5.87. The van der Waals surface area contributed by atoms with Crippen molar-refractivity contribution in [3.05, 3.63) is 42.4 Å². The zero-order valence-electron chi connectivity index (χ0n) is 9.73. The third kappa shape index (κ3) is 1.76. The molecule has 17 heavy (non-hydrogen) atoms. The van der Waals surface area contributed by atoms with Crippen LogP contribution in [0.25, 0.3) is 10.9 Å². The Morgan fingerprint density at radius 3 is 3.12 bits per heavy atom. The number of nitrogens with one attached hydrogen (secondary N) is 2. The van der Waals surface area contributed by atoms with Crippen molar-refractivity contribution >= 4 is 16.6 Å². The predicted octanol–water partition coefficient (Wildman–Crippen LogP) is 3.07. The van der Waals surface area contributed by atoms with Gasteiger partial charge in [0.05, 0.1) is 11.9 Å². The first-order valence-corrected chi connectivity index (χ1v) is 5.87. The molecule has 0 amide bonds. The summed E-state index contributed by atoms with van der Waals surface area (Å²) < 4.78 is 0. The number of nitrogens with zero attached hydrogens (tertiary/aromatic N) is 1. The average Bonchev–Trinajstić information content (AvgIpc) is 2.96. The Hall–Kier alpha value is -1.94. The Morgan fingerprint density at radius 1 is 1.29 bits per heavy atom. The van der Waals surface area contributed by atoms with E-state index in [0.717, 1.165) is 29.8 Å². The maximum atomic E-state index is 5.41. The van der Waals surface area contributed by atoms with Gasteiger partial charge in [0.2, 0.25) is 0 Å². The highest BCUT2D eigenvalue weighted by atomic mass is 16.7. The summed E-state index contributed by atoms with van der Waals surface area (Å²) >= 11 is 0. The molecule has 0 saturated carbocycles. The Kier molecular flexibility index (Phi) is 2.49. The fourth-order valence-electron chi connectivity index (χ4n) is 2.06. The molecule has 1 aromatic heterocycles. The number of H-pyrrole nitrogens is 1. The second-order valence-electron chi connectivity index (χ2n) is 4.12. The van der Waals surface area contributed by atoms with Gasteiger partial charge in [0.1, 0.15) is 5.76 Å². The van der Waals surface area contributed by atoms with Crippen molar-refractivity contribution in [3.8, 4) is 0 Å². The lowest BCUT2D eigenvalue weighted by molar-refractivity contribution is 0.124. The number of benzene rings is 1. The van der Waals surface area contributed by atoms with Gasteiger partial charge < -0.3 is 9.82 Å². The van der Waals surface area contributed by atoms with Crippen molar-refractivity contribution in [2.24, 2.45) is 0 Å². The van der Waals surface area contributed by atoms with Crippen LogP contribution in [0, 0.1) is 0 Å². The van der Waals surface area contributed by atoms with Crippen molar-refractivity contribution in [1.29, 1.82) is 0 Å². The second-order valence-corrected chi connectivity index (χ2v) is 4.12. The number of hydrazine groups is 1. The van der Waals surface area contributed by atoms with Gasteiger partial charge >= 0.3 is 0 Å². The first kappa shape index (κ1) is 10.2. The van der Waals surface area contributed by atoms with Crippen LogP contribution in [0.4, 0.5) is 5.69 Å². The van der Waals surface area contributed by atoms with Gasteiger partial charge in [-0.2, -0.15) is 0 Å². The van der Waals surface area contributed by atoms with Gasteiger partial charge in [-0.05, 0) is 24.6 Å². The molecule has 1 aliphatic rings. The molecular formula is C13H15N3O. The third-order valence-corrected chi connectivity index (χ3v) is 2.88. The van der Waals surface area contributed by atoms with E-state index in [1.54, 1.807) is 0 Å². The van der Waals surface area contributed by atoms with Crippen molar-refractivity contribution in [3.63, 3.8) is 0 Å². The van der Waals surface area contributed by atoms with E-state index in [0.29, 0.717) is 0 Å². The summed E-state index contributed by atoms with van der Waals surface area (Å²) in [7, 11) is 0. The quantitative estimate of drug-likeness (QED) is 0.849. The summed E-state index contributed by atoms with van der Waals surface area (Å²) in [5, 5.41) is 3.10. The largest absolute Gasteiger partial charge is 0.392 e. The molecule has 2 aromatic rings. The summed E-state index contributed by atoms with van der Waals surface area (Å²) in [6.07, 6.45) is 5.98. The van der Waals surface area contributed by atoms with Gasteiger partial charge in [0.25, 0.3) is 0 Å². The smallest absolute Gasteiger partial charge is 0.144 e. The van der Waals surface area contributed by atoms with Crippen LogP contribution in [-0.4, -0.2) is 4.98 Å². The number of fused-ring (bicyclic) bond motifs is 1. The molecule has 0 radical (unpaired) electrons. The van der Waals surface area contributed by atoms with E-state index in [-0.39, 0.29) is 0 Å². The van der Waals surface area contributed by atoms with Crippen LogP contribution in [-0.2, 0) is 4.84 Å². The number of aromatic nitrogens is 1. The molecule has 4 heteroatoms. The SMILES string of the molecule is CCCC1=CN(c2cccc3[nH]ccc23)NO1. The van der Waals surface area contributed by atoms with Crippen molar-refractivity contribution in [2.75, 3.05) is 5.01 Å². The van der Waals surface area contributed by atoms with Crippen LogP contribution < -0.4 is 10.6 Å². The molecule has 2 heterocycles. The van der Waals surface area contributed by atoms with E-state index in [9.17, 15) is 0 Å². The summed E-state index contributed by atoms with van der Waals surface area (Å²) in [6.45, 7) is 2.14. The zero-order chi connectivity index (χ0) is 11.7. The number of rotatable bonds is 3. The minimum atomic E-state index is 0.951. The highest BCUT2D eigenvalue weighted by Crippen LogP contribution is 2.28. The van der Waals surface area contributed by atoms with Crippen molar-refractivity contribution < 1.29 is 4.84 Å². The maximum absolute atomic E-state index is 5.41. The third-order valence-electron chi connectivity index (χ3n) is 2.88. The summed E-state index contributed by atoms with van der Waals surface area (Å²) in [4.78, 5) is 8.62. The number of hydrogen-bond acceptors (Lipinski definition) is 3. The molecule has 0 unspecified atom stereocenters. The Balaban J connectivity index is 1.97. The van der Waals surface area contributed by atoms with Crippen LogP contribution in [0.15, 0.2) is 42.4 Å². The molecular weight excluding hydrogens is 214 g/mol. The molecule has 0 atom stereocenters. The van der Waals surface area contributed by atoms with E-state index in [2.05, 4.69) is 35.7 Å². The van der Waals surface area contributed by atoms with Crippen LogP contribution in [0.3, 0.4) is 0 Å². The Labute approximate surface area is 99.8 Å². The fraction of sp³-hybridized carbons (Fsp3) is 0.231. The topological polar surface area (TPSA) is 40.3 Å². The fourth-order valence-corrected chi connectivity index (χ4v) is 2.06. The van der Waals surface area contributed by atoms with Gasteiger partial charge in [-0.15, -0.1) is 0 Å². The number of aromatic amines is 1. The summed E-state index contributed by atoms with van der Waals surface area (Å²) in [5.74, 6) is 0.972. The van der Waals surface area contributed by atoms with Crippen LogP contribution in [0.1, 0.15) is 19.8 Å². The van der Waals surface area contributed by atoms with Crippen molar-refractivity contribution in [1.82, 2.24) is 10.6 Å². The van der Waals surface area contributed by atoms with Crippen molar-refractivity contribution in [2.45, 2.75) is 19.8 Å². The maximum Gasteiger partial charge on any atom is 0.144 e. The monoisotopic (exact) mass is 229 g/mol. The van der Waals surface area contributed by atoms with E-state index >= 15 is 0 Å². The van der Waals surface area contributed by atoms with Gasteiger partial charge in [0, 0.05) is 23.5 Å². The lowest BCUT2D eigenvalue weighted by atomic mass is 10.2. The second kappa shape index (κ2) is 4.14. The van der Waals surface area contributed by atoms with Gasteiger partial charge in [-0.3, -0.25) is 0 Å². The molecule has 0 spiro atoms. The van der Waals surface area contributed by atoms with Crippen LogP contribution in [0.2, 0.25) is 0 Å². The molecule has 4 nitrogen and oxygen atoms in total. The van der Waals surface area contributed by atoms with E-state index in [1.807, 2.05) is 23.5 Å². The minimum absolute atomic E-state index is 0.951. The molecule has 0 aliphatic carbocycles. The molecule has 1 aliphatic heterocycles. The number of anilines is 1. The predicted molar refractivity (Wildman–Crippen MR) is 68.0 cm³/mol. The standard InChI is InChI=1S/C13H15N3O/c1-2-4-10-9-16(15-17-10)13-6-3-5-12-11(13)7-8-14-12/h3,5-9,14-15H,2,4H2,1H3. The first-order chi connectivity index (χ1) is 8.38. The zero-order valence-corrected chi connectivity index (χ0v) is 9.73. The summed E-state index contributed by atoms with van der Waals surface area (Å²) in [5.41, 5.74) is 5.14. The van der Waals surface area contributed by atoms with Gasteiger partial charge in [0.15, 0.2) is 0 Å². The molecule has 0 bridgehead atoms. The van der Waals surface area contributed by atoms with E-state index in [1.165, 1.54) is 5.39 Å². The van der Waals surface area contributed by atoms with E-state index in [4.69, 9.17) is 4.84 Å². The Morgan fingerprint density at radius 2 is 2.24 bits per heavy atom. The minimum Gasteiger partial charge on any atom is -0.392 e. The van der Waals surface area contributed by atoms with Gasteiger partial charge in [-0.25, -0.2) is 5.01 Å². The molecule has 1 aromatic carbocycles. The van der Waals surface area contributed by atoms with Crippen LogP contribution >= 0.6 is 0 Å². The summed E-state index contributed by atoms with van der Waals surface area (Å²) in [6, 6.07) is 8.23. The number of hydrogen-bond donors (Lipinski definition) is 2. The normalized spacial score (nSPS) is 15.1. The molecule has 88 valence electrons. The number of allylic oxidation sites excluding steroid dienone is 1. The van der Waals surface area contributed by atoms with Gasteiger partial charge in [-0.1, -0.05) is 18.6 Å².